The van der Waals surface area contributed by atoms with Gasteiger partial charge in [-0.15, -0.1) is 11.3 Å². The normalized spacial score (nSPS) is 19.3. The maximum atomic E-state index is 11.4. The number of carbonyl (C=O) groups is 1. The van der Waals surface area contributed by atoms with Crippen LogP contribution in [0.1, 0.15) is 28.6 Å². The predicted molar refractivity (Wildman–Crippen MR) is 77.5 cm³/mol. The molecule has 19 heavy (non-hydrogen) atoms. The van der Waals surface area contributed by atoms with Gasteiger partial charge in [-0.05, 0) is 25.9 Å². The fraction of sp³-hybridized carbons (Fsp3) is 0.538. The van der Waals surface area contributed by atoms with Crippen molar-refractivity contribution in [2.75, 3.05) is 37.7 Å². The number of anilines is 2. The largest absolute Gasteiger partial charge is 0.396 e. The first kappa shape index (κ1) is 13.8. The molecule has 6 heteroatoms. The van der Waals surface area contributed by atoms with E-state index in [1.54, 1.807) is 0 Å². The van der Waals surface area contributed by atoms with Crippen molar-refractivity contribution in [1.29, 1.82) is 5.26 Å². The van der Waals surface area contributed by atoms with E-state index in [-0.39, 0.29) is 5.78 Å². The van der Waals surface area contributed by atoms with Crippen LogP contribution in [0.15, 0.2) is 0 Å². The molecule has 1 aliphatic heterocycles. The minimum Gasteiger partial charge on any atom is -0.396 e. The number of thiophene rings is 1. The van der Waals surface area contributed by atoms with Crippen LogP contribution in [0.5, 0.6) is 0 Å². The molecular weight excluding hydrogens is 260 g/mol. The van der Waals surface area contributed by atoms with Crippen molar-refractivity contribution < 1.29 is 4.79 Å². The molecule has 0 spiro atoms. The van der Waals surface area contributed by atoms with Gasteiger partial charge in [0.25, 0.3) is 0 Å². The Morgan fingerprint density at radius 2 is 2.42 bits per heavy atom. The molecule has 1 aromatic heterocycles. The molecule has 0 aromatic carbocycles. The highest BCUT2D eigenvalue weighted by molar-refractivity contribution is 7.18. The van der Waals surface area contributed by atoms with Crippen molar-refractivity contribution in [2.45, 2.75) is 13.3 Å². The van der Waals surface area contributed by atoms with Crippen LogP contribution < -0.4 is 11.1 Å². The Morgan fingerprint density at radius 1 is 1.68 bits per heavy atom. The van der Waals surface area contributed by atoms with Crippen LogP contribution in [-0.4, -0.2) is 37.4 Å². The lowest BCUT2D eigenvalue weighted by atomic mass is 10.1. The Hall–Kier alpha value is -1.58. The van der Waals surface area contributed by atoms with E-state index >= 15 is 0 Å². The topological polar surface area (TPSA) is 82.2 Å². The van der Waals surface area contributed by atoms with Gasteiger partial charge in [-0.1, -0.05) is 0 Å². The standard InChI is InChI=1S/C13H18N4OS/c1-8(18)12-11(15)10(5-14)13(19-12)16-6-9-3-4-17(2)7-9/h9,16H,3-4,6-7,15H2,1-2H3. The molecule has 1 atom stereocenters. The summed E-state index contributed by atoms with van der Waals surface area (Å²) in [5.41, 5.74) is 6.56. The zero-order valence-corrected chi connectivity index (χ0v) is 12.0. The SMILES string of the molecule is CC(=O)c1sc(NCC2CCN(C)C2)c(C#N)c1N. The van der Waals surface area contributed by atoms with E-state index in [1.807, 2.05) is 0 Å². The Kier molecular flexibility index (Phi) is 4.08. The Balaban J connectivity index is 2.10. The second-order valence-corrected chi connectivity index (χ2v) is 6.04. The van der Waals surface area contributed by atoms with E-state index in [2.05, 4.69) is 23.3 Å². The number of nitrogens with zero attached hydrogens (tertiary/aromatic N) is 2. The third kappa shape index (κ3) is 2.88. The third-order valence-electron chi connectivity index (χ3n) is 3.42. The van der Waals surface area contributed by atoms with Gasteiger partial charge in [-0.3, -0.25) is 4.79 Å². The number of nitriles is 1. The van der Waals surface area contributed by atoms with Crippen LogP contribution in [0, 0.1) is 17.2 Å². The van der Waals surface area contributed by atoms with Crippen molar-refractivity contribution in [3.05, 3.63) is 10.4 Å². The molecule has 5 nitrogen and oxygen atoms in total. The van der Waals surface area contributed by atoms with Gasteiger partial charge in [0.05, 0.1) is 10.6 Å². The molecule has 1 fully saturated rings. The molecule has 0 radical (unpaired) electrons. The second kappa shape index (κ2) is 5.59. The predicted octanol–water partition coefficient (Wildman–Crippen LogP) is 1.77. The lowest BCUT2D eigenvalue weighted by molar-refractivity contribution is 0.102. The molecule has 2 rings (SSSR count). The maximum Gasteiger partial charge on any atom is 0.171 e. The van der Waals surface area contributed by atoms with E-state index in [0.717, 1.165) is 31.1 Å². The van der Waals surface area contributed by atoms with E-state index in [9.17, 15) is 4.79 Å². The summed E-state index contributed by atoms with van der Waals surface area (Å²) >= 11 is 1.28. The molecule has 1 saturated heterocycles. The number of nitrogen functional groups attached to an aromatic ring is 1. The number of hydrogen-bond acceptors (Lipinski definition) is 6. The molecule has 0 amide bonds. The first-order valence-electron chi connectivity index (χ1n) is 6.28. The van der Waals surface area contributed by atoms with Crippen LogP contribution in [0.3, 0.4) is 0 Å². The minimum atomic E-state index is -0.0901. The molecule has 1 unspecified atom stereocenters. The van der Waals surface area contributed by atoms with E-state index in [0.29, 0.717) is 22.0 Å². The van der Waals surface area contributed by atoms with Gasteiger partial charge in [-0.2, -0.15) is 5.26 Å². The van der Waals surface area contributed by atoms with Gasteiger partial charge >= 0.3 is 0 Å². The summed E-state index contributed by atoms with van der Waals surface area (Å²) in [4.78, 5) is 14.2. The zero-order valence-electron chi connectivity index (χ0n) is 11.2. The summed E-state index contributed by atoms with van der Waals surface area (Å²) in [6, 6.07) is 2.08. The number of carbonyl (C=O) groups excluding carboxylic acids is 1. The lowest BCUT2D eigenvalue weighted by Crippen LogP contribution is -2.19. The maximum absolute atomic E-state index is 11.4. The molecule has 102 valence electrons. The van der Waals surface area contributed by atoms with Crippen molar-refractivity contribution in [2.24, 2.45) is 5.92 Å². The second-order valence-electron chi connectivity index (χ2n) is 5.01. The Morgan fingerprint density at radius 3 is 2.95 bits per heavy atom. The van der Waals surface area contributed by atoms with Crippen LogP contribution >= 0.6 is 11.3 Å². The third-order valence-corrected chi connectivity index (χ3v) is 4.68. The van der Waals surface area contributed by atoms with Crippen molar-refractivity contribution >= 4 is 27.8 Å². The molecule has 1 aromatic rings. The molecule has 1 aliphatic rings. The number of hydrogen-bond donors (Lipinski definition) is 2. The molecule has 0 bridgehead atoms. The van der Waals surface area contributed by atoms with Gasteiger partial charge < -0.3 is 16.0 Å². The van der Waals surface area contributed by atoms with Crippen molar-refractivity contribution in [3.8, 4) is 6.07 Å². The van der Waals surface area contributed by atoms with Gasteiger partial charge in [0.2, 0.25) is 0 Å². The molecule has 0 aliphatic carbocycles. The first-order valence-corrected chi connectivity index (χ1v) is 7.10. The number of ketones is 1. The van der Waals surface area contributed by atoms with Gasteiger partial charge in [0.1, 0.15) is 16.6 Å². The summed E-state index contributed by atoms with van der Waals surface area (Å²) in [6.07, 6.45) is 1.16. The summed E-state index contributed by atoms with van der Waals surface area (Å²) in [5, 5.41) is 13.1. The first-order chi connectivity index (χ1) is 9.02. The average Bonchev–Trinajstić information content (AvgIpc) is 2.90. The van der Waals surface area contributed by atoms with Crippen LogP contribution in [0.2, 0.25) is 0 Å². The summed E-state index contributed by atoms with van der Waals surface area (Å²) in [7, 11) is 2.11. The minimum absolute atomic E-state index is 0.0901. The Bertz CT molecular complexity index is 531. The number of nitrogens with one attached hydrogen (secondary N) is 1. The van der Waals surface area contributed by atoms with Crippen LogP contribution in [0.4, 0.5) is 10.7 Å². The fourth-order valence-electron chi connectivity index (χ4n) is 2.37. The highest BCUT2D eigenvalue weighted by atomic mass is 32.1. The number of Topliss-reactive ketones (excluding diaryl/α,β-unsaturated/α-hetero) is 1. The number of nitrogens with two attached hydrogens (primary N) is 1. The van der Waals surface area contributed by atoms with Gasteiger partial charge in [0.15, 0.2) is 5.78 Å². The molecular formula is C13H18N4OS. The van der Waals surface area contributed by atoms with E-state index < -0.39 is 0 Å². The number of likely N-dealkylation sites (tertiary alicyclic amines) is 1. The van der Waals surface area contributed by atoms with Crippen LogP contribution in [0.25, 0.3) is 0 Å². The molecule has 3 N–H and O–H groups in total. The highest BCUT2D eigenvalue weighted by Gasteiger charge is 2.22. The fourth-order valence-corrected chi connectivity index (χ4v) is 3.34. The monoisotopic (exact) mass is 278 g/mol. The van der Waals surface area contributed by atoms with Crippen molar-refractivity contribution in [1.82, 2.24) is 4.90 Å². The van der Waals surface area contributed by atoms with Gasteiger partial charge in [0, 0.05) is 20.0 Å². The Labute approximate surface area is 117 Å². The summed E-state index contributed by atoms with van der Waals surface area (Å²) < 4.78 is 0. The number of rotatable bonds is 4. The van der Waals surface area contributed by atoms with Crippen molar-refractivity contribution in [3.63, 3.8) is 0 Å². The quantitative estimate of drug-likeness (QED) is 0.820. The lowest BCUT2D eigenvalue weighted by Gasteiger charge is -2.11. The van der Waals surface area contributed by atoms with Gasteiger partial charge in [-0.25, -0.2) is 0 Å². The van der Waals surface area contributed by atoms with E-state index in [1.165, 1.54) is 18.3 Å². The van der Waals surface area contributed by atoms with E-state index in [4.69, 9.17) is 11.0 Å². The molecule has 0 saturated carbocycles. The average molecular weight is 278 g/mol. The smallest absolute Gasteiger partial charge is 0.171 e. The highest BCUT2D eigenvalue weighted by Crippen LogP contribution is 2.35. The summed E-state index contributed by atoms with van der Waals surface area (Å²) in [6.45, 7) is 4.47. The summed E-state index contributed by atoms with van der Waals surface area (Å²) in [5.74, 6) is 0.494. The van der Waals surface area contributed by atoms with Crippen LogP contribution in [-0.2, 0) is 0 Å². The molecule has 2 heterocycles. The zero-order chi connectivity index (χ0) is 14.0.